The van der Waals surface area contributed by atoms with Crippen molar-refractivity contribution < 1.29 is 26.7 Å². The third kappa shape index (κ3) is 6.76. The molecule has 4 aliphatic rings. The Kier molecular flexibility index (Phi) is 9.21. The molecule has 2 atom stereocenters. The highest BCUT2D eigenvalue weighted by atomic mass is 35.5. The second-order valence-corrected chi connectivity index (χ2v) is 15.3. The van der Waals surface area contributed by atoms with E-state index in [1.54, 1.807) is 6.07 Å². The van der Waals surface area contributed by atoms with E-state index in [1.807, 2.05) is 11.8 Å². The van der Waals surface area contributed by atoms with Crippen LogP contribution in [0.2, 0.25) is 5.02 Å². The fourth-order valence-corrected chi connectivity index (χ4v) is 8.33. The first kappa shape index (κ1) is 31.6. The maximum absolute atomic E-state index is 15.1. The van der Waals surface area contributed by atoms with Crippen LogP contribution in [0.3, 0.4) is 0 Å². The third-order valence-electron chi connectivity index (χ3n) is 9.88. The van der Waals surface area contributed by atoms with Crippen LogP contribution in [-0.4, -0.2) is 87.3 Å². The molecular weight excluding hydrogens is 610 g/mol. The predicted molar refractivity (Wildman–Crippen MR) is 165 cm³/mol. The molecule has 4 fully saturated rings. The summed E-state index contributed by atoms with van der Waals surface area (Å²) < 4.78 is 61.6. The lowest BCUT2D eigenvalue weighted by Gasteiger charge is -2.36. The molecule has 0 N–H and O–H groups in total. The summed E-state index contributed by atoms with van der Waals surface area (Å²) in [6, 6.07) is 5.65. The number of pyridine rings is 1. The second kappa shape index (κ2) is 12.8. The molecule has 1 aromatic heterocycles. The molecule has 4 heterocycles. The van der Waals surface area contributed by atoms with Crippen molar-refractivity contribution in [3.8, 4) is 0 Å². The summed E-state index contributed by atoms with van der Waals surface area (Å²) in [5, 5.41) is 0.426. The zero-order valence-corrected chi connectivity index (χ0v) is 26.9. The van der Waals surface area contributed by atoms with Crippen molar-refractivity contribution in [2.24, 2.45) is 11.8 Å². The van der Waals surface area contributed by atoms with Crippen molar-refractivity contribution in [1.29, 1.82) is 0 Å². The summed E-state index contributed by atoms with van der Waals surface area (Å²) in [5.74, 6) is -1.78. The largest absolute Gasteiger partial charge is 0.381 e. The van der Waals surface area contributed by atoms with Crippen LogP contribution in [0, 0.1) is 30.4 Å². The van der Waals surface area contributed by atoms with Crippen LogP contribution < -0.4 is 4.31 Å². The average molecular weight is 651 g/mol. The van der Waals surface area contributed by atoms with Gasteiger partial charge in [0.1, 0.15) is 11.6 Å². The van der Waals surface area contributed by atoms with Crippen molar-refractivity contribution in [1.82, 2.24) is 14.8 Å². The number of hydrogen-bond acceptors (Lipinski definition) is 6. The van der Waals surface area contributed by atoms with Gasteiger partial charge in [0.05, 0.1) is 34.3 Å². The minimum Gasteiger partial charge on any atom is -0.381 e. The van der Waals surface area contributed by atoms with Crippen LogP contribution in [0.5, 0.6) is 0 Å². The first-order valence-electron chi connectivity index (χ1n) is 15.7. The number of sulfonamides is 1. The molecule has 0 radical (unpaired) electrons. The highest BCUT2D eigenvalue weighted by Gasteiger charge is 2.44. The zero-order valence-electron chi connectivity index (χ0n) is 25.4. The number of piperidine rings is 1. The van der Waals surface area contributed by atoms with Gasteiger partial charge in [-0.15, -0.1) is 0 Å². The Hall–Kier alpha value is -2.34. The predicted octanol–water partition coefficient (Wildman–Crippen LogP) is 5.10. The Morgan fingerprint density at radius 3 is 2.41 bits per heavy atom. The van der Waals surface area contributed by atoms with Crippen LogP contribution in [0.15, 0.2) is 24.3 Å². The maximum Gasteiger partial charge on any atom is 0.232 e. The summed E-state index contributed by atoms with van der Waals surface area (Å²) in [6.07, 6.45) is 6.22. The fraction of sp³-hybridized carbons (Fsp3) is 0.625. The Bertz CT molecular complexity index is 1490. The van der Waals surface area contributed by atoms with Gasteiger partial charge in [-0.3, -0.25) is 19.0 Å². The second-order valence-electron chi connectivity index (χ2n) is 13.0. The zero-order chi connectivity index (χ0) is 31.2. The Morgan fingerprint density at radius 1 is 1.07 bits per heavy atom. The maximum atomic E-state index is 15.1. The molecule has 8 nitrogen and oxygen atoms in total. The summed E-state index contributed by atoms with van der Waals surface area (Å²) in [4.78, 5) is 23.1. The quantitative estimate of drug-likeness (QED) is 0.396. The highest BCUT2D eigenvalue weighted by Crippen LogP contribution is 2.42. The molecule has 6 rings (SSSR count). The number of carbonyl (C=O) groups excluding carboxylic acids is 1. The van der Waals surface area contributed by atoms with Crippen molar-refractivity contribution >= 4 is 33.2 Å². The van der Waals surface area contributed by atoms with E-state index in [1.165, 1.54) is 22.7 Å². The van der Waals surface area contributed by atoms with Gasteiger partial charge in [-0.2, -0.15) is 0 Å². The standard InChI is InChI=1S/C32H41ClF2N4O4S/c1-20-28(33)16-30(39(44(2,41)42)17-21-3-4-21)31(36-20)22-7-11-37(12-8-22)32(40)27-19-38(24-9-13-43-14-10-24)18-26(27)25-6-5-23(34)15-29(25)35/h5-6,15-16,21-22,24,26-27H,3-4,7-14,17-19H2,1-2H3. The highest BCUT2D eigenvalue weighted by molar-refractivity contribution is 7.92. The third-order valence-corrected chi connectivity index (χ3v) is 11.4. The van der Waals surface area contributed by atoms with Crippen LogP contribution in [0.4, 0.5) is 14.5 Å². The number of anilines is 1. The summed E-state index contributed by atoms with van der Waals surface area (Å²) in [6.45, 7) is 5.61. The molecule has 2 aromatic rings. The lowest BCUT2D eigenvalue weighted by Crippen LogP contribution is -2.44. The van der Waals surface area contributed by atoms with E-state index in [9.17, 15) is 17.6 Å². The van der Waals surface area contributed by atoms with Gasteiger partial charge in [0, 0.05) is 69.9 Å². The molecule has 0 spiro atoms. The molecule has 44 heavy (non-hydrogen) atoms. The molecule has 2 unspecified atom stereocenters. The molecule has 1 amide bonds. The number of carbonyl (C=O) groups is 1. The van der Waals surface area contributed by atoms with Gasteiger partial charge in [0.15, 0.2) is 0 Å². The molecule has 240 valence electrons. The monoisotopic (exact) mass is 650 g/mol. The number of benzene rings is 1. The molecule has 3 aliphatic heterocycles. The Morgan fingerprint density at radius 2 is 1.77 bits per heavy atom. The smallest absolute Gasteiger partial charge is 0.232 e. The van der Waals surface area contributed by atoms with Gasteiger partial charge in [-0.05, 0) is 69.1 Å². The number of halogens is 3. The van der Waals surface area contributed by atoms with Crippen LogP contribution in [-0.2, 0) is 19.6 Å². The van der Waals surface area contributed by atoms with E-state index >= 15 is 4.39 Å². The number of aryl methyl sites for hydroxylation is 1. The SMILES string of the molecule is Cc1nc(C2CCN(C(=O)C3CN(C4CCOCC4)CC3c3ccc(F)cc3F)CC2)c(N(CC2CC2)S(C)(=O)=O)cc1Cl. The molecule has 0 bridgehead atoms. The van der Waals surface area contributed by atoms with E-state index in [0.29, 0.717) is 92.4 Å². The number of aromatic nitrogens is 1. The van der Waals surface area contributed by atoms with Gasteiger partial charge < -0.3 is 9.64 Å². The molecule has 1 aliphatic carbocycles. The number of rotatable bonds is 8. The van der Waals surface area contributed by atoms with Gasteiger partial charge in [0.25, 0.3) is 0 Å². The number of ether oxygens (including phenoxy) is 1. The van der Waals surface area contributed by atoms with Crippen molar-refractivity contribution in [3.63, 3.8) is 0 Å². The van der Waals surface area contributed by atoms with E-state index in [-0.39, 0.29) is 23.8 Å². The van der Waals surface area contributed by atoms with E-state index in [0.717, 1.165) is 31.7 Å². The molecular formula is C32H41ClF2N4O4S. The van der Waals surface area contributed by atoms with Crippen LogP contribution in [0.1, 0.15) is 67.3 Å². The first-order valence-corrected chi connectivity index (χ1v) is 17.9. The molecule has 12 heteroatoms. The van der Waals surface area contributed by atoms with Crippen LogP contribution >= 0.6 is 11.6 Å². The van der Waals surface area contributed by atoms with Gasteiger partial charge in [-0.25, -0.2) is 17.2 Å². The molecule has 1 saturated carbocycles. The lowest BCUT2D eigenvalue weighted by atomic mass is 9.86. The average Bonchev–Trinajstić information content (AvgIpc) is 3.72. The van der Waals surface area contributed by atoms with E-state index in [4.69, 9.17) is 21.3 Å². The minimum absolute atomic E-state index is 0.0151. The van der Waals surface area contributed by atoms with Crippen LogP contribution in [0.25, 0.3) is 0 Å². The van der Waals surface area contributed by atoms with Crippen molar-refractivity contribution in [2.45, 2.75) is 63.3 Å². The molecule has 3 saturated heterocycles. The van der Waals surface area contributed by atoms with E-state index in [2.05, 4.69) is 4.90 Å². The minimum atomic E-state index is -3.55. The lowest BCUT2D eigenvalue weighted by molar-refractivity contribution is -0.136. The topological polar surface area (TPSA) is 83.1 Å². The normalized spacial score (nSPS) is 24.2. The number of nitrogens with zero attached hydrogens (tertiary/aromatic N) is 4. The number of amides is 1. The fourth-order valence-electron chi connectivity index (χ4n) is 7.20. The van der Waals surface area contributed by atoms with Crippen molar-refractivity contribution in [3.05, 3.63) is 57.9 Å². The summed E-state index contributed by atoms with van der Waals surface area (Å²) >= 11 is 6.46. The number of hydrogen-bond donors (Lipinski definition) is 0. The van der Waals surface area contributed by atoms with Gasteiger partial charge >= 0.3 is 0 Å². The summed E-state index contributed by atoms with van der Waals surface area (Å²) in [7, 11) is -3.55. The Balaban J connectivity index is 1.21. The number of likely N-dealkylation sites (tertiary alicyclic amines) is 2. The van der Waals surface area contributed by atoms with Crippen molar-refractivity contribution in [2.75, 3.05) is 56.5 Å². The summed E-state index contributed by atoms with van der Waals surface area (Å²) in [5.41, 5.74) is 2.28. The van der Waals surface area contributed by atoms with E-state index < -0.39 is 27.6 Å². The van der Waals surface area contributed by atoms with Gasteiger partial charge in [-0.1, -0.05) is 17.7 Å². The molecule has 1 aromatic carbocycles. The first-order chi connectivity index (χ1) is 21.0. The van der Waals surface area contributed by atoms with Gasteiger partial charge in [0.2, 0.25) is 15.9 Å². The Labute approximate surface area is 263 Å².